The van der Waals surface area contributed by atoms with E-state index in [4.69, 9.17) is 0 Å². The Morgan fingerprint density at radius 3 is 2.43 bits per heavy atom. The summed E-state index contributed by atoms with van der Waals surface area (Å²) in [6, 6.07) is 8.50. The number of sulfonamides is 1. The minimum Gasteiger partial charge on any atom is -0.465 e. The van der Waals surface area contributed by atoms with Gasteiger partial charge in [0, 0.05) is 0 Å². The number of nitrogens with zero attached hydrogens (tertiary/aromatic N) is 1. The molecule has 10 heteroatoms. The third-order valence-corrected chi connectivity index (χ3v) is 6.20. The zero-order valence-electron chi connectivity index (χ0n) is 15.2. The van der Waals surface area contributed by atoms with Gasteiger partial charge >= 0.3 is 11.9 Å². The Morgan fingerprint density at radius 1 is 1.04 bits per heavy atom. The summed E-state index contributed by atoms with van der Waals surface area (Å²) >= 11 is 1.43. The van der Waals surface area contributed by atoms with Gasteiger partial charge in [-0.25, -0.2) is 23.0 Å². The summed E-state index contributed by atoms with van der Waals surface area (Å²) in [5.74, 6) is -1.57. The van der Waals surface area contributed by atoms with Crippen LogP contribution in [-0.4, -0.2) is 39.6 Å². The number of esters is 2. The van der Waals surface area contributed by atoms with E-state index in [0.717, 1.165) is 28.4 Å². The fraction of sp³-hybridized carbons (Fsp3) is 0.167. The summed E-state index contributed by atoms with van der Waals surface area (Å²) in [5.41, 5.74) is 0.852. The molecule has 0 saturated heterocycles. The van der Waals surface area contributed by atoms with Gasteiger partial charge in [-0.2, -0.15) is 0 Å². The molecule has 0 aliphatic rings. The maximum Gasteiger partial charge on any atom is 0.339 e. The Bertz CT molecular complexity index is 1180. The second kappa shape index (κ2) is 7.56. The highest BCUT2D eigenvalue weighted by Gasteiger charge is 2.25. The van der Waals surface area contributed by atoms with Gasteiger partial charge in [-0.15, -0.1) is 11.3 Å². The molecule has 0 aliphatic carbocycles. The average Bonchev–Trinajstić information content (AvgIpc) is 3.05. The van der Waals surface area contributed by atoms with E-state index < -0.39 is 22.0 Å². The van der Waals surface area contributed by atoms with Crippen molar-refractivity contribution in [2.24, 2.45) is 0 Å². The Balaban J connectivity index is 2.07. The van der Waals surface area contributed by atoms with Gasteiger partial charge in [-0.1, -0.05) is 0 Å². The van der Waals surface area contributed by atoms with Crippen molar-refractivity contribution in [2.75, 3.05) is 18.9 Å². The zero-order valence-corrected chi connectivity index (χ0v) is 16.8. The van der Waals surface area contributed by atoms with Gasteiger partial charge in [0.1, 0.15) is 4.90 Å². The van der Waals surface area contributed by atoms with Crippen LogP contribution < -0.4 is 4.72 Å². The summed E-state index contributed by atoms with van der Waals surface area (Å²) < 4.78 is 38.5. The van der Waals surface area contributed by atoms with E-state index in [1.807, 2.05) is 6.92 Å². The summed E-state index contributed by atoms with van der Waals surface area (Å²) in [4.78, 5) is 27.8. The first-order chi connectivity index (χ1) is 13.2. The number of carbonyl (C=O) groups excluding carboxylic acids is 2. The topological polar surface area (TPSA) is 112 Å². The van der Waals surface area contributed by atoms with E-state index in [1.165, 1.54) is 30.6 Å². The van der Waals surface area contributed by atoms with E-state index in [-0.39, 0.29) is 16.0 Å². The van der Waals surface area contributed by atoms with E-state index in [9.17, 15) is 18.0 Å². The van der Waals surface area contributed by atoms with Gasteiger partial charge in [-0.05, 0) is 43.3 Å². The summed E-state index contributed by atoms with van der Waals surface area (Å²) in [7, 11) is -1.88. The van der Waals surface area contributed by atoms with Crippen molar-refractivity contribution in [2.45, 2.75) is 11.8 Å². The van der Waals surface area contributed by atoms with Crippen LogP contribution in [0.15, 0.2) is 41.3 Å². The molecule has 3 rings (SSSR count). The Labute approximate surface area is 165 Å². The van der Waals surface area contributed by atoms with Crippen LogP contribution in [0.25, 0.3) is 10.2 Å². The minimum atomic E-state index is -4.20. The van der Waals surface area contributed by atoms with Crippen LogP contribution in [0.3, 0.4) is 0 Å². The fourth-order valence-electron chi connectivity index (χ4n) is 2.58. The first-order valence-corrected chi connectivity index (χ1v) is 10.3. The number of rotatable bonds is 5. The first-order valence-electron chi connectivity index (χ1n) is 7.96. The molecular weight excluding hydrogens is 404 g/mol. The van der Waals surface area contributed by atoms with Crippen LogP contribution in [0.1, 0.15) is 25.7 Å². The third-order valence-electron chi connectivity index (χ3n) is 3.85. The predicted molar refractivity (Wildman–Crippen MR) is 104 cm³/mol. The molecule has 0 atom stereocenters. The van der Waals surface area contributed by atoms with E-state index >= 15 is 0 Å². The number of thiazole rings is 1. The number of hydrogen-bond donors (Lipinski definition) is 1. The Morgan fingerprint density at radius 2 is 1.75 bits per heavy atom. The molecule has 0 aliphatic heterocycles. The molecule has 2 aromatic carbocycles. The lowest BCUT2D eigenvalue weighted by Crippen LogP contribution is -2.18. The number of aromatic nitrogens is 1. The van der Waals surface area contributed by atoms with Crippen molar-refractivity contribution in [1.29, 1.82) is 0 Å². The Kier molecular flexibility index (Phi) is 5.34. The summed E-state index contributed by atoms with van der Waals surface area (Å²) in [5, 5.41) is 0.855. The number of hydrogen-bond acceptors (Lipinski definition) is 8. The van der Waals surface area contributed by atoms with E-state index in [2.05, 4.69) is 19.2 Å². The number of methoxy groups -OCH3 is 2. The molecule has 0 fully saturated rings. The molecule has 0 bridgehead atoms. The molecule has 1 aromatic heterocycles. The maximum atomic E-state index is 13.0. The minimum absolute atomic E-state index is 0.0101. The number of anilines is 1. The second-order valence-corrected chi connectivity index (χ2v) is 8.60. The van der Waals surface area contributed by atoms with Crippen molar-refractivity contribution in [3.8, 4) is 0 Å². The van der Waals surface area contributed by atoms with Gasteiger partial charge < -0.3 is 9.47 Å². The van der Waals surface area contributed by atoms with Gasteiger partial charge in [0.2, 0.25) is 0 Å². The van der Waals surface area contributed by atoms with Gasteiger partial charge in [0.15, 0.2) is 0 Å². The number of ether oxygens (including phenoxy) is 2. The normalized spacial score (nSPS) is 11.2. The SMILES string of the molecule is COC(=O)c1ccc(C(=O)OC)c(S(=O)(=O)Nc2ccc3nc(C)sc3c2)c1. The summed E-state index contributed by atoms with van der Waals surface area (Å²) in [6.07, 6.45) is 0. The van der Waals surface area contributed by atoms with Gasteiger partial charge in [0.05, 0.1) is 46.3 Å². The predicted octanol–water partition coefficient (Wildman–Crippen LogP) is 2.98. The summed E-state index contributed by atoms with van der Waals surface area (Å²) in [6.45, 7) is 1.86. The van der Waals surface area contributed by atoms with Crippen molar-refractivity contribution >= 4 is 49.2 Å². The van der Waals surface area contributed by atoms with E-state index in [1.54, 1.807) is 18.2 Å². The molecule has 3 aromatic rings. The lowest BCUT2D eigenvalue weighted by atomic mass is 10.1. The van der Waals surface area contributed by atoms with E-state index in [0.29, 0.717) is 5.69 Å². The second-order valence-electron chi connectivity index (χ2n) is 5.71. The number of aryl methyl sites for hydroxylation is 1. The van der Waals surface area contributed by atoms with Crippen molar-refractivity contribution in [1.82, 2.24) is 4.98 Å². The van der Waals surface area contributed by atoms with Crippen molar-refractivity contribution < 1.29 is 27.5 Å². The van der Waals surface area contributed by atoms with Crippen LogP contribution in [0.5, 0.6) is 0 Å². The third kappa shape index (κ3) is 3.82. The first kappa shape index (κ1) is 19.8. The molecule has 1 heterocycles. The number of benzene rings is 2. The van der Waals surface area contributed by atoms with Crippen molar-refractivity contribution in [3.63, 3.8) is 0 Å². The Hall–Kier alpha value is -2.98. The van der Waals surface area contributed by atoms with Crippen molar-refractivity contribution in [3.05, 3.63) is 52.5 Å². The molecule has 8 nitrogen and oxygen atoms in total. The maximum absolute atomic E-state index is 13.0. The van der Waals surface area contributed by atoms with Crippen LogP contribution in [0, 0.1) is 6.92 Å². The lowest BCUT2D eigenvalue weighted by Gasteiger charge is -2.12. The molecule has 146 valence electrons. The molecule has 0 saturated carbocycles. The monoisotopic (exact) mass is 420 g/mol. The smallest absolute Gasteiger partial charge is 0.339 e. The highest BCUT2D eigenvalue weighted by Crippen LogP contribution is 2.27. The molecule has 0 unspecified atom stereocenters. The number of nitrogens with one attached hydrogen (secondary N) is 1. The molecule has 28 heavy (non-hydrogen) atoms. The quantitative estimate of drug-likeness (QED) is 0.632. The fourth-order valence-corrected chi connectivity index (χ4v) is 4.72. The molecular formula is C18H16N2O6S2. The molecule has 0 amide bonds. The largest absolute Gasteiger partial charge is 0.465 e. The highest BCUT2D eigenvalue weighted by molar-refractivity contribution is 7.92. The molecule has 0 radical (unpaired) electrons. The zero-order chi connectivity index (χ0) is 20.5. The molecule has 0 spiro atoms. The van der Waals surface area contributed by atoms with Gasteiger partial charge in [-0.3, -0.25) is 4.72 Å². The number of fused-ring (bicyclic) bond motifs is 1. The number of carbonyl (C=O) groups is 2. The lowest BCUT2D eigenvalue weighted by molar-refractivity contribution is 0.0583. The van der Waals surface area contributed by atoms with Crippen LogP contribution in [0.4, 0.5) is 5.69 Å². The van der Waals surface area contributed by atoms with Gasteiger partial charge in [0.25, 0.3) is 10.0 Å². The average molecular weight is 420 g/mol. The standard InChI is InChI=1S/C18H16N2O6S2/c1-10-19-14-7-5-12(9-15(14)27-10)20-28(23,24)16-8-11(17(21)25-2)4-6-13(16)18(22)26-3/h4-9,20H,1-3H3. The molecule has 1 N–H and O–H groups in total. The van der Waals surface area contributed by atoms with Crippen LogP contribution in [0.2, 0.25) is 0 Å². The highest BCUT2D eigenvalue weighted by atomic mass is 32.2. The van der Waals surface area contributed by atoms with Crippen LogP contribution >= 0.6 is 11.3 Å². The van der Waals surface area contributed by atoms with Crippen LogP contribution in [-0.2, 0) is 19.5 Å².